The Morgan fingerprint density at radius 2 is 0.894 bits per heavy atom. The number of esters is 2. The van der Waals surface area contributed by atoms with Gasteiger partial charge in [-0.25, -0.2) is 0 Å². The zero-order chi connectivity index (χ0) is 34.7. The maximum absolute atomic E-state index is 12.6. The molecular weight excluding hydrogens is 582 g/mol. The lowest BCUT2D eigenvalue weighted by Gasteiger charge is -2.28. The Bertz CT molecular complexity index is 836. The molecule has 0 aliphatic rings. The van der Waals surface area contributed by atoms with E-state index in [0.29, 0.717) is 23.9 Å². The summed E-state index contributed by atoms with van der Waals surface area (Å²) in [6.07, 6.45) is 44.2. The van der Waals surface area contributed by atoms with E-state index in [4.69, 9.17) is 9.47 Å². The van der Waals surface area contributed by atoms with Crippen molar-refractivity contribution in [3.63, 3.8) is 0 Å². The molecule has 0 aromatic carbocycles. The van der Waals surface area contributed by atoms with E-state index >= 15 is 0 Å². The van der Waals surface area contributed by atoms with Gasteiger partial charge in [0.25, 0.3) is 0 Å². The molecule has 0 saturated carbocycles. The molecule has 0 aromatic heterocycles. The molecule has 5 nitrogen and oxygen atoms in total. The van der Waals surface area contributed by atoms with E-state index in [0.717, 1.165) is 64.2 Å². The van der Waals surface area contributed by atoms with Gasteiger partial charge >= 0.3 is 11.9 Å². The molecule has 0 N–H and O–H groups in total. The van der Waals surface area contributed by atoms with Gasteiger partial charge in [0.05, 0.1) is 21.1 Å². The van der Waals surface area contributed by atoms with Crippen LogP contribution in [0.15, 0.2) is 48.6 Å². The van der Waals surface area contributed by atoms with Gasteiger partial charge in [0.15, 0.2) is 6.10 Å². The highest BCUT2D eigenvalue weighted by Gasteiger charge is 2.23. The summed E-state index contributed by atoms with van der Waals surface area (Å²) in [5.74, 6) is -0.370. The first-order valence-electron chi connectivity index (χ1n) is 19.5. The summed E-state index contributed by atoms with van der Waals surface area (Å²) in [5, 5.41) is 0. The van der Waals surface area contributed by atoms with Gasteiger partial charge in [-0.1, -0.05) is 127 Å². The number of rotatable bonds is 33. The van der Waals surface area contributed by atoms with Crippen LogP contribution in [0.5, 0.6) is 0 Å². The number of hydrogen-bond donors (Lipinski definition) is 0. The van der Waals surface area contributed by atoms with E-state index < -0.39 is 6.10 Å². The van der Waals surface area contributed by atoms with E-state index in [1.54, 1.807) is 0 Å². The number of quaternary nitrogens is 1. The van der Waals surface area contributed by atoms with Crippen molar-refractivity contribution in [2.45, 2.75) is 174 Å². The number of carbonyl (C=O) groups is 2. The van der Waals surface area contributed by atoms with Crippen LogP contribution < -0.4 is 0 Å². The van der Waals surface area contributed by atoms with Gasteiger partial charge < -0.3 is 14.0 Å². The normalized spacial score (nSPS) is 13.0. The molecule has 0 rings (SSSR count). The topological polar surface area (TPSA) is 52.6 Å². The molecule has 0 aromatic rings. The fourth-order valence-corrected chi connectivity index (χ4v) is 5.40. The van der Waals surface area contributed by atoms with Crippen LogP contribution in [0.3, 0.4) is 0 Å². The molecule has 1 atom stereocenters. The Balaban J connectivity index is 3.95. The number of unbranched alkanes of at least 4 members (excludes halogenated alkanes) is 16. The monoisotopic (exact) mass is 659 g/mol. The van der Waals surface area contributed by atoms with Crippen molar-refractivity contribution in [3.8, 4) is 0 Å². The average Bonchev–Trinajstić information content (AvgIpc) is 3.03. The molecule has 0 saturated heterocycles. The third-order valence-electron chi connectivity index (χ3n) is 8.14. The van der Waals surface area contributed by atoms with Crippen molar-refractivity contribution in [2.75, 3.05) is 34.3 Å². The van der Waals surface area contributed by atoms with Gasteiger partial charge in [0.2, 0.25) is 0 Å². The third kappa shape index (κ3) is 36.5. The zero-order valence-corrected chi connectivity index (χ0v) is 31.7. The lowest BCUT2D eigenvalue weighted by atomic mass is 10.1. The van der Waals surface area contributed by atoms with Crippen LogP contribution in [0.4, 0.5) is 0 Å². The zero-order valence-electron chi connectivity index (χ0n) is 31.7. The van der Waals surface area contributed by atoms with Crippen molar-refractivity contribution >= 4 is 11.9 Å². The number of allylic oxidation sites excluding steroid dienone is 8. The maximum atomic E-state index is 12.6. The van der Waals surface area contributed by atoms with Crippen LogP contribution in [-0.4, -0.2) is 56.8 Å². The van der Waals surface area contributed by atoms with Crippen molar-refractivity contribution in [1.82, 2.24) is 0 Å². The highest BCUT2D eigenvalue weighted by Crippen LogP contribution is 2.12. The molecule has 0 aliphatic carbocycles. The van der Waals surface area contributed by atoms with E-state index in [9.17, 15) is 9.59 Å². The van der Waals surface area contributed by atoms with Crippen LogP contribution in [-0.2, 0) is 19.1 Å². The highest BCUT2D eigenvalue weighted by molar-refractivity contribution is 5.70. The first-order valence-corrected chi connectivity index (χ1v) is 19.5. The predicted octanol–water partition coefficient (Wildman–Crippen LogP) is 11.8. The largest absolute Gasteiger partial charge is 0.461 e. The van der Waals surface area contributed by atoms with E-state index in [1.165, 1.54) is 77.0 Å². The summed E-state index contributed by atoms with van der Waals surface area (Å²) in [7, 11) is 6.18. The molecular formula is C42H76NO4+. The Morgan fingerprint density at radius 3 is 1.32 bits per heavy atom. The molecule has 0 amide bonds. The molecule has 0 radical (unpaired) electrons. The first kappa shape index (κ1) is 44.9. The van der Waals surface area contributed by atoms with Crippen LogP contribution in [0.25, 0.3) is 0 Å². The van der Waals surface area contributed by atoms with Crippen molar-refractivity contribution < 1.29 is 23.5 Å². The molecule has 272 valence electrons. The molecule has 0 heterocycles. The lowest BCUT2D eigenvalue weighted by molar-refractivity contribution is -0.873. The van der Waals surface area contributed by atoms with E-state index in [1.807, 2.05) is 0 Å². The molecule has 5 heteroatoms. The summed E-state index contributed by atoms with van der Waals surface area (Å²) >= 11 is 0. The fraction of sp³-hybridized carbons (Fsp3) is 0.762. The Morgan fingerprint density at radius 1 is 0.511 bits per heavy atom. The van der Waals surface area contributed by atoms with E-state index in [2.05, 4.69) is 83.6 Å². The second-order valence-corrected chi connectivity index (χ2v) is 14.2. The second kappa shape index (κ2) is 33.7. The summed E-state index contributed by atoms with van der Waals surface area (Å²) in [4.78, 5) is 24.9. The summed E-state index contributed by atoms with van der Waals surface area (Å²) in [5.41, 5.74) is 0. The SMILES string of the molecule is CCCCCC=CCC=CCCCCCCCC(=O)OCC(C[N+](C)(C)C)OC(=O)CCCCCCCC=CCC=CCCCCC. The number of carbonyl (C=O) groups excluding carboxylic acids is 2. The average molecular weight is 659 g/mol. The van der Waals surface area contributed by atoms with Gasteiger partial charge in [-0.05, 0) is 77.0 Å². The Labute approximate surface area is 291 Å². The van der Waals surface area contributed by atoms with Crippen LogP contribution in [0.1, 0.15) is 168 Å². The summed E-state index contributed by atoms with van der Waals surface area (Å²) < 4.78 is 12.0. The molecule has 47 heavy (non-hydrogen) atoms. The minimum atomic E-state index is -0.408. The van der Waals surface area contributed by atoms with Gasteiger partial charge in [-0.3, -0.25) is 9.59 Å². The minimum Gasteiger partial charge on any atom is -0.461 e. The Kier molecular flexibility index (Phi) is 32.2. The lowest BCUT2D eigenvalue weighted by Crippen LogP contribution is -2.45. The van der Waals surface area contributed by atoms with E-state index in [-0.39, 0.29) is 18.5 Å². The van der Waals surface area contributed by atoms with Crippen LogP contribution in [0, 0.1) is 0 Å². The van der Waals surface area contributed by atoms with Gasteiger partial charge in [-0.2, -0.15) is 0 Å². The maximum Gasteiger partial charge on any atom is 0.306 e. The number of nitrogens with zero attached hydrogens (tertiary/aromatic N) is 1. The van der Waals surface area contributed by atoms with Crippen molar-refractivity contribution in [2.24, 2.45) is 0 Å². The van der Waals surface area contributed by atoms with Gasteiger partial charge in [0, 0.05) is 12.8 Å². The minimum absolute atomic E-state index is 0.141. The predicted molar refractivity (Wildman–Crippen MR) is 202 cm³/mol. The van der Waals surface area contributed by atoms with Crippen LogP contribution >= 0.6 is 0 Å². The number of likely N-dealkylation sites (N-methyl/N-ethyl adjacent to an activating group) is 1. The number of hydrogen-bond acceptors (Lipinski definition) is 4. The molecule has 0 spiro atoms. The van der Waals surface area contributed by atoms with Gasteiger partial charge in [-0.15, -0.1) is 0 Å². The molecule has 0 aliphatic heterocycles. The first-order chi connectivity index (χ1) is 22.8. The fourth-order valence-electron chi connectivity index (χ4n) is 5.40. The van der Waals surface area contributed by atoms with Crippen molar-refractivity contribution in [3.05, 3.63) is 48.6 Å². The third-order valence-corrected chi connectivity index (χ3v) is 8.14. The van der Waals surface area contributed by atoms with Gasteiger partial charge in [0.1, 0.15) is 13.2 Å². The number of ether oxygens (including phenoxy) is 2. The smallest absolute Gasteiger partial charge is 0.306 e. The molecule has 0 fully saturated rings. The second-order valence-electron chi connectivity index (χ2n) is 14.2. The standard InChI is InChI=1S/C42H76NO4/c1-6-8-10-12-14-16-18-20-22-24-26-28-30-32-34-36-41(44)46-39-40(38-43(3,4)5)47-42(45)37-35-33-31-29-27-25-23-21-19-17-15-13-11-9-7-2/h14-17,20-23,40H,6-13,18-19,24-39H2,1-5H3/q+1. The Hall–Kier alpha value is -2.14. The summed E-state index contributed by atoms with van der Waals surface area (Å²) in [6.45, 7) is 5.24. The quantitative estimate of drug-likeness (QED) is 0.0305. The summed E-state index contributed by atoms with van der Waals surface area (Å²) in [6, 6.07) is 0. The van der Waals surface area contributed by atoms with Crippen LogP contribution in [0.2, 0.25) is 0 Å². The molecule has 0 bridgehead atoms. The molecule has 1 unspecified atom stereocenters. The highest BCUT2D eigenvalue weighted by atomic mass is 16.6. The van der Waals surface area contributed by atoms with Crippen molar-refractivity contribution in [1.29, 1.82) is 0 Å².